The molecule has 3 rings (SSSR count). The fraction of sp³-hybridized carbons (Fsp3) is 0.381. The lowest BCUT2D eigenvalue weighted by molar-refractivity contribution is -0.384. The minimum Gasteiger partial charge on any atom is -0.475 e. The van der Waals surface area contributed by atoms with Gasteiger partial charge in [0.05, 0.1) is 34.8 Å². The molecular formula is C21H24N4O7. The van der Waals surface area contributed by atoms with Gasteiger partial charge in [-0.2, -0.15) is 0 Å². The molecule has 1 unspecified atom stereocenters. The lowest BCUT2D eigenvalue weighted by Gasteiger charge is -2.30. The van der Waals surface area contributed by atoms with Gasteiger partial charge in [0.15, 0.2) is 0 Å². The van der Waals surface area contributed by atoms with E-state index in [2.05, 4.69) is 15.3 Å². The number of allylic oxidation sites excluding steroid dienone is 2. The first-order valence-electron chi connectivity index (χ1n) is 9.89. The standard InChI is InChI=1S/C21H24N4O7/c1-12(2)31-20-17-16(14-6-5-7-15(10-14)25(27)28)18(32-21(26)30-9-8-29-4)13(3)24-19(17)22-11-23-20/h5-7,10-12,16H,8-9H2,1-4H3,(H,22,23,24). The van der Waals surface area contributed by atoms with Crippen LogP contribution in [-0.2, 0) is 14.2 Å². The Hall–Kier alpha value is -3.73. The van der Waals surface area contributed by atoms with Crippen LogP contribution >= 0.6 is 0 Å². The van der Waals surface area contributed by atoms with Gasteiger partial charge in [-0.25, -0.2) is 14.8 Å². The number of nitro benzene ring substituents is 1. The number of nitro groups is 1. The van der Waals surface area contributed by atoms with E-state index in [4.69, 9.17) is 18.9 Å². The number of non-ortho nitro benzene ring substituents is 1. The fourth-order valence-electron chi connectivity index (χ4n) is 3.24. The van der Waals surface area contributed by atoms with Gasteiger partial charge >= 0.3 is 6.16 Å². The molecule has 0 saturated heterocycles. The van der Waals surface area contributed by atoms with Crippen molar-refractivity contribution < 1.29 is 28.7 Å². The van der Waals surface area contributed by atoms with Crippen molar-refractivity contribution in [1.82, 2.24) is 9.97 Å². The lowest BCUT2D eigenvalue weighted by Crippen LogP contribution is -2.25. The molecule has 0 radical (unpaired) electrons. The van der Waals surface area contributed by atoms with Gasteiger partial charge in [-0.3, -0.25) is 10.1 Å². The topological polar surface area (TPSA) is 135 Å². The summed E-state index contributed by atoms with van der Waals surface area (Å²) in [5.41, 5.74) is 1.38. The predicted octanol–water partition coefficient (Wildman–Crippen LogP) is 3.76. The van der Waals surface area contributed by atoms with Crippen LogP contribution < -0.4 is 10.1 Å². The quantitative estimate of drug-likeness (QED) is 0.277. The van der Waals surface area contributed by atoms with Crippen molar-refractivity contribution in [3.05, 3.63) is 63.3 Å². The molecule has 1 aliphatic rings. The fourth-order valence-corrected chi connectivity index (χ4v) is 3.24. The van der Waals surface area contributed by atoms with Crippen LogP contribution in [0.3, 0.4) is 0 Å². The van der Waals surface area contributed by atoms with Crippen molar-refractivity contribution in [3.8, 4) is 5.88 Å². The van der Waals surface area contributed by atoms with Crippen LogP contribution in [0.4, 0.5) is 16.3 Å². The molecule has 170 valence electrons. The van der Waals surface area contributed by atoms with Gasteiger partial charge in [-0.1, -0.05) is 12.1 Å². The number of nitrogens with zero attached hydrogens (tertiary/aromatic N) is 3. The van der Waals surface area contributed by atoms with Gasteiger partial charge in [0.2, 0.25) is 5.88 Å². The third-order valence-electron chi connectivity index (χ3n) is 4.54. The molecule has 0 amide bonds. The summed E-state index contributed by atoms with van der Waals surface area (Å²) in [5.74, 6) is 0.167. The van der Waals surface area contributed by atoms with E-state index in [0.29, 0.717) is 22.6 Å². The summed E-state index contributed by atoms with van der Waals surface area (Å²) in [6.45, 7) is 5.62. The molecule has 0 fully saturated rings. The largest absolute Gasteiger partial charge is 0.513 e. The van der Waals surface area contributed by atoms with Crippen LogP contribution in [0.25, 0.3) is 0 Å². The first-order valence-corrected chi connectivity index (χ1v) is 9.89. The first-order chi connectivity index (χ1) is 15.3. The van der Waals surface area contributed by atoms with E-state index < -0.39 is 17.0 Å². The van der Waals surface area contributed by atoms with Gasteiger partial charge in [-0.05, 0) is 26.3 Å². The van der Waals surface area contributed by atoms with E-state index >= 15 is 0 Å². The minimum atomic E-state index is -0.930. The highest BCUT2D eigenvalue weighted by Gasteiger charge is 2.36. The summed E-state index contributed by atoms with van der Waals surface area (Å²) < 4.78 is 21.3. The molecular weight excluding hydrogens is 420 g/mol. The molecule has 1 aliphatic heterocycles. The second-order valence-electron chi connectivity index (χ2n) is 7.20. The van der Waals surface area contributed by atoms with E-state index in [9.17, 15) is 14.9 Å². The number of benzene rings is 1. The van der Waals surface area contributed by atoms with E-state index in [0.717, 1.165) is 0 Å². The summed E-state index contributed by atoms with van der Waals surface area (Å²) >= 11 is 0. The maximum absolute atomic E-state index is 12.3. The van der Waals surface area contributed by atoms with E-state index in [1.165, 1.54) is 25.6 Å². The second kappa shape index (κ2) is 10.1. The minimum absolute atomic E-state index is 0.0119. The van der Waals surface area contributed by atoms with E-state index in [-0.39, 0.29) is 36.6 Å². The Morgan fingerprint density at radius 1 is 1.28 bits per heavy atom. The van der Waals surface area contributed by atoms with Crippen LogP contribution in [0.1, 0.15) is 37.8 Å². The average Bonchev–Trinajstić information content (AvgIpc) is 2.74. The summed E-state index contributed by atoms with van der Waals surface area (Å²) in [4.78, 5) is 31.7. The van der Waals surface area contributed by atoms with Crippen molar-refractivity contribution >= 4 is 17.7 Å². The molecule has 1 N–H and O–H groups in total. The van der Waals surface area contributed by atoms with Crippen molar-refractivity contribution in [1.29, 1.82) is 0 Å². The third-order valence-corrected chi connectivity index (χ3v) is 4.54. The molecule has 2 heterocycles. The SMILES string of the molecule is COCCOC(=O)OC1=C(C)Nc2ncnc(OC(C)C)c2C1c1cccc([N+](=O)[O-])c1. The second-order valence-corrected chi connectivity index (χ2v) is 7.20. The molecule has 0 spiro atoms. The van der Waals surface area contributed by atoms with Crippen molar-refractivity contribution in [3.63, 3.8) is 0 Å². The third kappa shape index (κ3) is 5.11. The highest BCUT2D eigenvalue weighted by molar-refractivity contribution is 5.68. The Kier molecular flexibility index (Phi) is 7.21. The zero-order valence-electron chi connectivity index (χ0n) is 18.2. The van der Waals surface area contributed by atoms with Gasteiger partial charge in [-0.15, -0.1) is 0 Å². The number of hydrogen-bond acceptors (Lipinski definition) is 10. The van der Waals surface area contributed by atoms with Gasteiger partial charge in [0.1, 0.15) is 24.5 Å². The highest BCUT2D eigenvalue weighted by atomic mass is 16.7. The predicted molar refractivity (Wildman–Crippen MR) is 113 cm³/mol. The molecule has 1 aromatic heterocycles. The van der Waals surface area contributed by atoms with Crippen molar-refractivity contribution in [2.45, 2.75) is 32.8 Å². The Bertz CT molecular complexity index is 1040. The maximum atomic E-state index is 12.3. The number of carbonyl (C=O) groups is 1. The summed E-state index contributed by atoms with van der Waals surface area (Å²) in [7, 11) is 1.48. The summed E-state index contributed by atoms with van der Waals surface area (Å²) in [5, 5.41) is 14.5. The van der Waals surface area contributed by atoms with Crippen LogP contribution in [-0.4, -0.2) is 47.5 Å². The van der Waals surface area contributed by atoms with Gasteiger partial charge < -0.3 is 24.3 Å². The van der Waals surface area contributed by atoms with Gasteiger partial charge in [0.25, 0.3) is 5.69 Å². The highest BCUT2D eigenvalue weighted by Crippen LogP contribution is 2.45. The Morgan fingerprint density at radius 2 is 2.06 bits per heavy atom. The number of ether oxygens (including phenoxy) is 4. The Morgan fingerprint density at radius 3 is 2.75 bits per heavy atom. The number of nitrogens with one attached hydrogen (secondary N) is 1. The molecule has 2 aromatic rings. The maximum Gasteiger partial charge on any atom is 0.513 e. The monoisotopic (exact) mass is 444 g/mol. The van der Waals surface area contributed by atoms with Crippen LogP contribution in [0.15, 0.2) is 42.0 Å². The van der Waals surface area contributed by atoms with Crippen LogP contribution in [0.2, 0.25) is 0 Å². The zero-order chi connectivity index (χ0) is 23.3. The molecule has 11 nitrogen and oxygen atoms in total. The van der Waals surface area contributed by atoms with E-state index in [1.54, 1.807) is 19.1 Å². The number of aromatic nitrogens is 2. The Labute approximate surface area is 184 Å². The zero-order valence-corrected chi connectivity index (χ0v) is 18.2. The first kappa shape index (κ1) is 22.9. The van der Waals surface area contributed by atoms with Crippen molar-refractivity contribution in [2.75, 3.05) is 25.6 Å². The van der Waals surface area contributed by atoms with Crippen molar-refractivity contribution in [2.24, 2.45) is 0 Å². The van der Waals surface area contributed by atoms with Crippen LogP contribution in [0, 0.1) is 10.1 Å². The molecule has 0 bridgehead atoms. The summed E-state index contributed by atoms with van der Waals surface area (Å²) in [6.07, 6.45) is 0.224. The van der Waals surface area contributed by atoms with Crippen LogP contribution in [0.5, 0.6) is 5.88 Å². The number of carbonyl (C=O) groups excluding carboxylic acids is 1. The van der Waals surface area contributed by atoms with Gasteiger partial charge in [0, 0.05) is 19.2 Å². The smallest absolute Gasteiger partial charge is 0.475 e. The molecule has 0 saturated carbocycles. The number of hydrogen-bond donors (Lipinski definition) is 1. The number of fused-ring (bicyclic) bond motifs is 1. The molecule has 11 heteroatoms. The Balaban J connectivity index is 2.11. The summed E-state index contributed by atoms with van der Waals surface area (Å²) in [6, 6.07) is 6.06. The molecule has 0 aliphatic carbocycles. The molecule has 32 heavy (non-hydrogen) atoms. The van der Waals surface area contributed by atoms with E-state index in [1.807, 2.05) is 13.8 Å². The molecule has 1 atom stereocenters. The molecule has 1 aromatic carbocycles. The normalized spacial score (nSPS) is 15.1. The lowest BCUT2D eigenvalue weighted by atomic mass is 9.87. The number of anilines is 1. The average molecular weight is 444 g/mol. The number of rotatable bonds is 8. The number of methoxy groups -OCH3 is 1.